The van der Waals surface area contributed by atoms with E-state index in [1.807, 2.05) is 55.5 Å². The molecule has 0 fully saturated rings. The van der Waals surface area contributed by atoms with Gasteiger partial charge in [-0.25, -0.2) is 4.79 Å². The zero-order valence-electron chi connectivity index (χ0n) is 19.9. The summed E-state index contributed by atoms with van der Waals surface area (Å²) in [4.78, 5) is 12.0. The fraction of sp³-hybridized carbons (Fsp3) is 0.250. The maximum absolute atomic E-state index is 12.0. The fourth-order valence-corrected chi connectivity index (χ4v) is 8.58. The predicted octanol–water partition coefficient (Wildman–Crippen LogP) is 5.76. The molecule has 1 N–H and O–H groups in total. The van der Waals surface area contributed by atoms with Gasteiger partial charge in [0, 0.05) is 5.69 Å². The first-order valence-corrected chi connectivity index (χ1v) is 13.1. The number of hydrogen-bond donors (Lipinski definition) is 1. The minimum Gasteiger partial charge on any atom is -0.445 e. The van der Waals surface area contributed by atoms with Crippen molar-refractivity contribution >= 4 is 30.5 Å². The smallest absolute Gasteiger partial charge is 0.411 e. The Balaban J connectivity index is 1.73. The summed E-state index contributed by atoms with van der Waals surface area (Å²) in [6, 6.07) is 30.4. The first-order valence-electron chi connectivity index (χ1n) is 11.2. The van der Waals surface area contributed by atoms with Crippen molar-refractivity contribution in [2.24, 2.45) is 0 Å². The number of anilines is 1. The SMILES string of the molecule is C/C(=C\COC(=O)Nc1ccccc1)CO[Si](c1ccccc1)(c1ccccc1)C(C)(C)C. The molecule has 0 atom stereocenters. The van der Waals surface area contributed by atoms with E-state index in [2.05, 4.69) is 74.6 Å². The highest BCUT2D eigenvalue weighted by atomic mass is 28.4. The van der Waals surface area contributed by atoms with E-state index in [1.165, 1.54) is 10.4 Å². The maximum atomic E-state index is 12.0. The molecule has 3 aromatic carbocycles. The van der Waals surface area contributed by atoms with E-state index in [9.17, 15) is 4.79 Å². The van der Waals surface area contributed by atoms with Gasteiger partial charge < -0.3 is 9.16 Å². The number of carbonyl (C=O) groups is 1. The Morgan fingerprint density at radius 3 is 1.82 bits per heavy atom. The van der Waals surface area contributed by atoms with Crippen LogP contribution in [0.25, 0.3) is 0 Å². The standard InChI is InChI=1S/C28H33NO3Si/c1-23(20-21-31-27(30)29-24-14-8-5-9-15-24)22-32-33(28(2,3)4,25-16-10-6-11-17-25)26-18-12-7-13-19-26/h5-20H,21-22H2,1-4H3,(H,29,30)/b23-20+. The van der Waals surface area contributed by atoms with Crippen LogP contribution in [0.15, 0.2) is 103 Å². The number of amides is 1. The van der Waals surface area contributed by atoms with Gasteiger partial charge in [-0.2, -0.15) is 0 Å². The molecule has 0 radical (unpaired) electrons. The summed E-state index contributed by atoms with van der Waals surface area (Å²) in [6.45, 7) is 9.45. The van der Waals surface area contributed by atoms with E-state index in [1.54, 1.807) is 0 Å². The van der Waals surface area contributed by atoms with Gasteiger partial charge in [-0.05, 0) is 46.1 Å². The Bertz CT molecular complexity index is 1010. The Hall–Kier alpha value is -3.15. The Morgan fingerprint density at radius 1 is 0.848 bits per heavy atom. The van der Waals surface area contributed by atoms with Gasteiger partial charge >= 0.3 is 6.09 Å². The highest BCUT2D eigenvalue weighted by Crippen LogP contribution is 2.36. The number of hydrogen-bond acceptors (Lipinski definition) is 3. The molecule has 3 aromatic rings. The zero-order valence-corrected chi connectivity index (χ0v) is 20.9. The number of rotatable bonds is 8. The molecule has 0 aromatic heterocycles. The van der Waals surface area contributed by atoms with Crippen LogP contribution in [-0.2, 0) is 9.16 Å². The molecular weight excluding hydrogens is 426 g/mol. The van der Waals surface area contributed by atoms with Crippen molar-refractivity contribution in [2.75, 3.05) is 18.5 Å². The van der Waals surface area contributed by atoms with Gasteiger partial charge in [-0.3, -0.25) is 5.32 Å². The lowest BCUT2D eigenvalue weighted by atomic mass is 10.2. The summed E-state index contributed by atoms with van der Waals surface area (Å²) in [5, 5.41) is 5.13. The van der Waals surface area contributed by atoms with E-state index in [0.717, 1.165) is 5.57 Å². The van der Waals surface area contributed by atoms with Crippen LogP contribution in [0.4, 0.5) is 10.5 Å². The lowest BCUT2D eigenvalue weighted by Crippen LogP contribution is -2.66. The molecule has 1 amide bonds. The van der Waals surface area contributed by atoms with E-state index < -0.39 is 14.4 Å². The molecule has 5 heteroatoms. The topological polar surface area (TPSA) is 47.6 Å². The summed E-state index contributed by atoms with van der Waals surface area (Å²) in [6.07, 6.45) is 1.43. The van der Waals surface area contributed by atoms with E-state index in [0.29, 0.717) is 12.3 Å². The molecule has 0 spiro atoms. The minimum atomic E-state index is -2.59. The third kappa shape index (κ3) is 6.21. The normalized spacial score (nSPS) is 12.3. The lowest BCUT2D eigenvalue weighted by molar-refractivity contribution is 0.173. The van der Waals surface area contributed by atoms with Gasteiger partial charge in [0.05, 0.1) is 6.61 Å². The summed E-state index contributed by atoms with van der Waals surface area (Å²) < 4.78 is 12.2. The molecule has 0 heterocycles. The molecule has 3 rings (SSSR count). The van der Waals surface area contributed by atoms with Crippen molar-refractivity contribution in [3.63, 3.8) is 0 Å². The third-order valence-corrected chi connectivity index (χ3v) is 10.6. The van der Waals surface area contributed by atoms with Gasteiger partial charge in [0.15, 0.2) is 0 Å². The second-order valence-corrected chi connectivity index (χ2v) is 13.4. The number of benzene rings is 3. The van der Waals surface area contributed by atoms with Crippen LogP contribution in [0.1, 0.15) is 27.7 Å². The summed E-state index contributed by atoms with van der Waals surface area (Å²) in [7, 11) is -2.59. The molecule has 0 bridgehead atoms. The van der Waals surface area contributed by atoms with Gasteiger partial charge in [0.25, 0.3) is 8.32 Å². The highest BCUT2D eigenvalue weighted by Gasteiger charge is 2.50. The van der Waals surface area contributed by atoms with Crippen LogP contribution in [0.5, 0.6) is 0 Å². The third-order valence-electron chi connectivity index (χ3n) is 5.60. The molecule has 0 aliphatic rings. The molecule has 33 heavy (non-hydrogen) atoms. The molecule has 0 unspecified atom stereocenters. The second-order valence-electron chi connectivity index (χ2n) is 9.09. The molecule has 0 aliphatic carbocycles. The molecule has 4 nitrogen and oxygen atoms in total. The molecule has 172 valence electrons. The number of ether oxygens (including phenoxy) is 1. The van der Waals surface area contributed by atoms with Crippen molar-refractivity contribution in [3.8, 4) is 0 Å². The Labute approximate surface area is 198 Å². The van der Waals surface area contributed by atoms with Crippen molar-refractivity contribution in [1.29, 1.82) is 0 Å². The van der Waals surface area contributed by atoms with Crippen LogP contribution in [0.3, 0.4) is 0 Å². The van der Waals surface area contributed by atoms with Gasteiger partial charge in [0.2, 0.25) is 0 Å². The van der Waals surface area contributed by atoms with Crippen LogP contribution in [0.2, 0.25) is 5.04 Å². The first-order chi connectivity index (χ1) is 15.8. The predicted molar refractivity (Wildman–Crippen MR) is 139 cm³/mol. The van der Waals surface area contributed by atoms with Crippen molar-refractivity contribution in [1.82, 2.24) is 0 Å². The quantitative estimate of drug-likeness (QED) is 0.344. The highest BCUT2D eigenvalue weighted by molar-refractivity contribution is 6.99. The molecule has 0 saturated heterocycles. The fourth-order valence-electron chi connectivity index (χ4n) is 3.98. The van der Waals surface area contributed by atoms with Crippen LogP contribution in [0, 0.1) is 0 Å². The van der Waals surface area contributed by atoms with Crippen LogP contribution >= 0.6 is 0 Å². The monoisotopic (exact) mass is 459 g/mol. The lowest BCUT2D eigenvalue weighted by Gasteiger charge is -2.43. The average molecular weight is 460 g/mol. The molecule has 0 saturated carbocycles. The molecule has 0 aliphatic heterocycles. The van der Waals surface area contributed by atoms with Gasteiger partial charge in [0.1, 0.15) is 6.61 Å². The van der Waals surface area contributed by atoms with Gasteiger partial charge in [-0.15, -0.1) is 0 Å². The summed E-state index contributed by atoms with van der Waals surface area (Å²) >= 11 is 0. The minimum absolute atomic E-state index is 0.0813. The van der Waals surface area contributed by atoms with Crippen LogP contribution in [-0.4, -0.2) is 27.6 Å². The van der Waals surface area contributed by atoms with Gasteiger partial charge in [-0.1, -0.05) is 99.6 Å². The summed E-state index contributed by atoms with van der Waals surface area (Å²) in [5.41, 5.74) is 1.73. The largest absolute Gasteiger partial charge is 0.445 e. The van der Waals surface area contributed by atoms with Crippen molar-refractivity contribution in [3.05, 3.63) is 103 Å². The molecular formula is C28H33NO3Si. The number of carbonyl (C=O) groups excluding carboxylic acids is 1. The maximum Gasteiger partial charge on any atom is 0.411 e. The van der Waals surface area contributed by atoms with E-state index >= 15 is 0 Å². The second kappa shape index (κ2) is 11.1. The summed E-state index contributed by atoms with van der Waals surface area (Å²) in [5.74, 6) is 0. The average Bonchev–Trinajstić information content (AvgIpc) is 2.81. The van der Waals surface area contributed by atoms with Crippen molar-refractivity contribution in [2.45, 2.75) is 32.7 Å². The van der Waals surface area contributed by atoms with E-state index in [4.69, 9.17) is 9.16 Å². The van der Waals surface area contributed by atoms with Crippen LogP contribution < -0.4 is 15.7 Å². The Kier molecular flexibility index (Phi) is 8.25. The first kappa shape index (κ1) is 24.5. The number of nitrogens with one attached hydrogen (secondary N) is 1. The Morgan fingerprint density at radius 2 is 1.33 bits per heavy atom. The number of para-hydroxylation sites is 1. The van der Waals surface area contributed by atoms with Crippen molar-refractivity contribution < 1.29 is 14.0 Å². The zero-order chi connectivity index (χ0) is 23.7. The van der Waals surface area contributed by atoms with E-state index in [-0.39, 0.29) is 11.6 Å².